The summed E-state index contributed by atoms with van der Waals surface area (Å²) >= 11 is 7.22. The van der Waals surface area contributed by atoms with Gasteiger partial charge in [-0.1, -0.05) is 25.5 Å². The Labute approximate surface area is 157 Å². The molecule has 0 saturated heterocycles. The number of benzene rings is 1. The highest BCUT2D eigenvalue weighted by Gasteiger charge is 2.27. The first-order chi connectivity index (χ1) is 11.9. The Hall–Kier alpha value is -1.28. The molecule has 0 bridgehead atoms. The summed E-state index contributed by atoms with van der Waals surface area (Å²) in [5, 5.41) is 11.9. The van der Waals surface area contributed by atoms with Gasteiger partial charge in [0.05, 0.1) is 7.11 Å². The van der Waals surface area contributed by atoms with Gasteiger partial charge in [-0.25, -0.2) is 13.1 Å². The van der Waals surface area contributed by atoms with Crippen LogP contribution in [0.3, 0.4) is 0 Å². The number of aromatic hydroxyl groups is 1. The van der Waals surface area contributed by atoms with Gasteiger partial charge in [0.2, 0.25) is 10.0 Å². The quantitative estimate of drug-likeness (QED) is 0.627. The Balaban J connectivity index is 2.27. The highest BCUT2D eigenvalue weighted by molar-refractivity contribution is 7.91. The first-order valence-corrected chi connectivity index (χ1v) is 10.8. The van der Waals surface area contributed by atoms with E-state index in [9.17, 15) is 13.5 Å². The molecule has 25 heavy (non-hydrogen) atoms. The number of hydrogen-bond acceptors (Lipinski definition) is 5. The van der Waals surface area contributed by atoms with E-state index in [4.69, 9.17) is 16.3 Å². The van der Waals surface area contributed by atoms with Gasteiger partial charge in [0.1, 0.15) is 15.7 Å². The van der Waals surface area contributed by atoms with Gasteiger partial charge in [0.25, 0.3) is 0 Å². The first kappa shape index (κ1) is 20.0. The summed E-state index contributed by atoms with van der Waals surface area (Å²) < 4.78 is 33.3. The van der Waals surface area contributed by atoms with Crippen molar-refractivity contribution in [3.05, 3.63) is 41.3 Å². The minimum atomic E-state index is -3.62. The van der Waals surface area contributed by atoms with Crippen LogP contribution in [-0.2, 0) is 16.4 Å². The van der Waals surface area contributed by atoms with E-state index in [1.54, 1.807) is 29.6 Å². The van der Waals surface area contributed by atoms with Crippen molar-refractivity contribution in [3.63, 3.8) is 0 Å². The Morgan fingerprint density at radius 2 is 2.12 bits per heavy atom. The van der Waals surface area contributed by atoms with Crippen molar-refractivity contribution in [1.82, 2.24) is 4.72 Å². The lowest BCUT2D eigenvalue weighted by Crippen LogP contribution is -2.42. The molecule has 0 fully saturated rings. The summed E-state index contributed by atoms with van der Waals surface area (Å²) in [5.74, 6) is 0.883. The predicted octanol–water partition coefficient (Wildman–Crippen LogP) is 3.62. The van der Waals surface area contributed by atoms with E-state index in [1.165, 1.54) is 13.2 Å². The summed E-state index contributed by atoms with van der Waals surface area (Å²) in [6, 6.07) is 7.83. The molecule has 0 radical (unpaired) electrons. The van der Waals surface area contributed by atoms with Crippen LogP contribution >= 0.6 is 22.9 Å². The van der Waals surface area contributed by atoms with Crippen LogP contribution < -0.4 is 9.46 Å². The fourth-order valence-electron chi connectivity index (χ4n) is 2.56. The molecule has 1 aromatic carbocycles. The molecular weight excluding hydrogens is 382 g/mol. The third-order valence-corrected chi connectivity index (χ3v) is 7.37. The standard InChI is InChI=1S/C17H22ClNO4S2/c1-3-12(11-18)15(19-25(21,22)17-5-4-8-24-17)9-13-6-7-14(23-2)10-16(13)20/h4-8,10,12,15,19-20H,3,9,11H2,1-2H3/t12-,15+/m1/s1. The van der Waals surface area contributed by atoms with E-state index < -0.39 is 16.1 Å². The van der Waals surface area contributed by atoms with Gasteiger partial charge in [0.15, 0.2) is 0 Å². The van der Waals surface area contributed by atoms with Crippen LogP contribution in [0.1, 0.15) is 18.9 Å². The van der Waals surface area contributed by atoms with E-state index in [0.717, 1.165) is 17.8 Å². The maximum Gasteiger partial charge on any atom is 0.250 e. The molecule has 0 aliphatic heterocycles. The molecule has 1 heterocycles. The molecular formula is C17H22ClNO4S2. The average Bonchev–Trinajstić information content (AvgIpc) is 3.13. The zero-order valence-electron chi connectivity index (χ0n) is 14.1. The fourth-order valence-corrected chi connectivity index (χ4v) is 5.31. The van der Waals surface area contributed by atoms with Gasteiger partial charge in [-0.2, -0.15) is 0 Å². The van der Waals surface area contributed by atoms with Crippen molar-refractivity contribution in [2.45, 2.75) is 30.0 Å². The molecule has 8 heteroatoms. The molecule has 2 rings (SSSR count). The third kappa shape index (κ3) is 5.10. The van der Waals surface area contributed by atoms with Crippen LogP contribution in [0.2, 0.25) is 0 Å². The minimum Gasteiger partial charge on any atom is -0.508 e. The van der Waals surface area contributed by atoms with E-state index >= 15 is 0 Å². The lowest BCUT2D eigenvalue weighted by atomic mass is 9.93. The Morgan fingerprint density at radius 1 is 1.36 bits per heavy atom. The number of hydrogen-bond donors (Lipinski definition) is 2. The summed E-state index contributed by atoms with van der Waals surface area (Å²) in [6.45, 7) is 1.97. The molecule has 0 aliphatic rings. The van der Waals surface area contributed by atoms with Crippen LogP contribution in [-0.4, -0.2) is 32.6 Å². The van der Waals surface area contributed by atoms with Gasteiger partial charge < -0.3 is 9.84 Å². The monoisotopic (exact) mass is 403 g/mol. The molecule has 2 atom stereocenters. The van der Waals surface area contributed by atoms with E-state index in [1.807, 2.05) is 6.92 Å². The summed E-state index contributed by atoms with van der Waals surface area (Å²) in [5.41, 5.74) is 0.642. The van der Waals surface area contributed by atoms with Crippen LogP contribution in [0.4, 0.5) is 0 Å². The first-order valence-electron chi connectivity index (χ1n) is 7.89. The van der Waals surface area contributed by atoms with Crippen molar-refractivity contribution < 1.29 is 18.3 Å². The van der Waals surface area contributed by atoms with Crippen LogP contribution in [0.25, 0.3) is 0 Å². The van der Waals surface area contributed by atoms with E-state index in [2.05, 4.69) is 4.72 Å². The third-order valence-electron chi connectivity index (χ3n) is 4.09. The van der Waals surface area contributed by atoms with Crippen LogP contribution in [0, 0.1) is 5.92 Å². The van der Waals surface area contributed by atoms with E-state index in [0.29, 0.717) is 23.6 Å². The summed E-state index contributed by atoms with van der Waals surface area (Å²) in [6.07, 6.45) is 1.06. The number of ether oxygens (including phenoxy) is 1. The van der Waals surface area contributed by atoms with Crippen molar-refractivity contribution in [1.29, 1.82) is 0 Å². The molecule has 0 saturated carbocycles. The van der Waals surface area contributed by atoms with Crippen molar-refractivity contribution in [3.8, 4) is 11.5 Å². The molecule has 5 nitrogen and oxygen atoms in total. The second-order valence-electron chi connectivity index (χ2n) is 5.68. The minimum absolute atomic E-state index is 0.0575. The molecule has 2 aromatic rings. The van der Waals surface area contributed by atoms with Gasteiger partial charge in [0, 0.05) is 18.0 Å². The molecule has 0 spiro atoms. The maximum absolute atomic E-state index is 12.6. The van der Waals surface area contributed by atoms with E-state index in [-0.39, 0.29) is 15.9 Å². The summed E-state index contributed by atoms with van der Waals surface area (Å²) in [7, 11) is -2.10. The van der Waals surface area contributed by atoms with Crippen molar-refractivity contribution in [2.75, 3.05) is 13.0 Å². The molecule has 0 unspecified atom stereocenters. The largest absolute Gasteiger partial charge is 0.508 e. The second kappa shape index (κ2) is 8.89. The summed E-state index contributed by atoms with van der Waals surface area (Å²) in [4.78, 5) is 0. The lowest BCUT2D eigenvalue weighted by Gasteiger charge is -2.26. The fraction of sp³-hybridized carbons (Fsp3) is 0.412. The zero-order chi connectivity index (χ0) is 18.4. The Kier molecular flexibility index (Phi) is 7.13. The SMILES string of the molecule is CC[C@H](CCl)[C@H](Cc1ccc(OC)cc1O)NS(=O)(=O)c1cccs1. The number of phenols is 1. The number of phenolic OH excluding ortho intramolecular Hbond substituents is 1. The number of rotatable bonds is 9. The highest BCUT2D eigenvalue weighted by atomic mass is 35.5. The predicted molar refractivity (Wildman–Crippen MR) is 101 cm³/mol. The van der Waals surface area contributed by atoms with Gasteiger partial charge in [-0.05, 0) is 35.4 Å². The van der Waals surface area contributed by atoms with Crippen LogP contribution in [0.15, 0.2) is 39.9 Å². The topological polar surface area (TPSA) is 75.6 Å². The van der Waals surface area contributed by atoms with Crippen molar-refractivity contribution in [2.24, 2.45) is 5.92 Å². The average molecular weight is 404 g/mol. The second-order valence-corrected chi connectivity index (χ2v) is 8.88. The molecule has 2 N–H and O–H groups in total. The van der Waals surface area contributed by atoms with Gasteiger partial charge in [-0.3, -0.25) is 0 Å². The maximum atomic E-state index is 12.6. The number of sulfonamides is 1. The molecule has 0 aliphatic carbocycles. The number of nitrogens with one attached hydrogen (secondary N) is 1. The van der Waals surface area contributed by atoms with Crippen LogP contribution in [0.5, 0.6) is 11.5 Å². The number of alkyl halides is 1. The number of methoxy groups -OCH3 is 1. The van der Waals surface area contributed by atoms with Gasteiger partial charge >= 0.3 is 0 Å². The number of thiophene rings is 1. The van der Waals surface area contributed by atoms with Gasteiger partial charge in [-0.15, -0.1) is 22.9 Å². The molecule has 1 aromatic heterocycles. The smallest absolute Gasteiger partial charge is 0.250 e. The normalized spacial score (nSPS) is 14.2. The molecule has 138 valence electrons. The lowest BCUT2D eigenvalue weighted by molar-refractivity contribution is 0.393. The zero-order valence-corrected chi connectivity index (χ0v) is 16.5. The van der Waals surface area contributed by atoms with Crippen molar-refractivity contribution >= 4 is 33.0 Å². The Bertz CT molecular complexity index is 774. The Morgan fingerprint density at radius 3 is 2.64 bits per heavy atom. The number of halogens is 1. The molecule has 0 amide bonds. The highest BCUT2D eigenvalue weighted by Crippen LogP contribution is 2.27.